The number of thiophene rings is 1. The Morgan fingerprint density at radius 1 is 0.559 bits per heavy atom. The molecule has 8 aromatic carbocycles. The van der Waals surface area contributed by atoms with Crippen LogP contribution in [0.25, 0.3) is 91.9 Å². The first-order valence-corrected chi connectivity index (χ1v) is 25.5. The minimum absolute atomic E-state index is 0.0697. The molecule has 4 heterocycles. The summed E-state index contributed by atoms with van der Waals surface area (Å²) in [7, 11) is 0.831. The van der Waals surface area contributed by atoms with E-state index in [0.29, 0.717) is 0 Å². The molecule has 0 saturated heterocycles. The predicted octanol–water partition coefficient (Wildman–Crippen LogP) is 16.1. The van der Waals surface area contributed by atoms with Crippen LogP contribution in [-0.2, 0) is 21.7 Å². The third-order valence-electron chi connectivity index (χ3n) is 16.8. The van der Waals surface area contributed by atoms with Crippen molar-refractivity contribution in [1.29, 1.82) is 0 Å². The Morgan fingerprint density at radius 3 is 2.07 bits per heavy atom. The van der Waals surface area contributed by atoms with Crippen LogP contribution in [0.1, 0.15) is 103 Å². The van der Waals surface area contributed by atoms with Gasteiger partial charge in [0.25, 0.3) is 0 Å². The van der Waals surface area contributed by atoms with E-state index in [9.17, 15) is 0 Å². The number of rotatable bonds is 3. The van der Waals surface area contributed by atoms with Gasteiger partial charge in [0.15, 0.2) is 7.28 Å². The Bertz CT molecular complexity index is 4030. The van der Waals surface area contributed by atoms with Crippen LogP contribution in [0.4, 0.5) is 11.4 Å². The van der Waals surface area contributed by atoms with Crippen LogP contribution in [0.15, 0.2) is 138 Å². The number of para-hydroxylation sites is 1. The summed E-state index contributed by atoms with van der Waals surface area (Å²) in [5.41, 5.74) is 23.2. The van der Waals surface area contributed by atoms with Crippen molar-refractivity contribution in [2.45, 2.75) is 96.8 Å². The Kier molecular flexibility index (Phi) is 7.96. The first-order chi connectivity index (χ1) is 32.5. The SMILES string of the molecule is CC(C)(C)c1ccc(Nc2cc3c(cc2-c2ccc4c5cc6oc7ccccc7c6cc5n5c4c2Bc2cc4c(cc2-5)-c2ccccc2C4(C)C)sc2cc4c(cc23)C(C)(C)CCC4(C)C)cc1. The van der Waals surface area contributed by atoms with Crippen LogP contribution in [0.5, 0.6) is 0 Å². The molecule has 3 nitrogen and oxygen atoms in total. The number of hydrogen-bond acceptors (Lipinski definition) is 3. The van der Waals surface area contributed by atoms with Crippen molar-refractivity contribution in [3.63, 3.8) is 0 Å². The number of aromatic nitrogens is 1. The highest BCUT2D eigenvalue weighted by molar-refractivity contribution is 7.25. The van der Waals surface area contributed by atoms with Gasteiger partial charge in [-0.3, -0.25) is 0 Å². The second kappa shape index (κ2) is 13.4. The molecule has 332 valence electrons. The third kappa shape index (κ3) is 5.54. The van der Waals surface area contributed by atoms with E-state index in [1.807, 2.05) is 11.3 Å². The Labute approximate surface area is 403 Å². The fourth-order valence-corrected chi connectivity index (χ4v) is 14.0. The molecule has 5 heteroatoms. The van der Waals surface area contributed by atoms with Crippen LogP contribution in [0, 0.1) is 0 Å². The first kappa shape index (κ1) is 40.5. The molecule has 0 radical (unpaired) electrons. The summed E-state index contributed by atoms with van der Waals surface area (Å²) in [6.07, 6.45) is 2.40. The van der Waals surface area contributed by atoms with Crippen molar-refractivity contribution < 1.29 is 4.42 Å². The molecule has 1 aliphatic heterocycles. The summed E-state index contributed by atoms with van der Waals surface area (Å²) in [6.45, 7) is 21.4. The Balaban J connectivity index is 1.05. The fraction of sp³-hybridized carbons (Fsp3) is 0.238. The Morgan fingerprint density at radius 2 is 1.28 bits per heavy atom. The monoisotopic (exact) mass is 898 g/mol. The van der Waals surface area contributed by atoms with Crippen molar-refractivity contribution >= 4 is 105 Å². The van der Waals surface area contributed by atoms with E-state index in [4.69, 9.17) is 4.42 Å². The minimum atomic E-state index is -0.105. The molecule has 1 N–H and O–H groups in total. The van der Waals surface area contributed by atoms with Gasteiger partial charge in [0.05, 0.1) is 5.52 Å². The summed E-state index contributed by atoms with van der Waals surface area (Å²) >= 11 is 1.96. The summed E-state index contributed by atoms with van der Waals surface area (Å²) in [4.78, 5) is 0. The van der Waals surface area contributed by atoms with E-state index in [2.05, 4.69) is 206 Å². The van der Waals surface area contributed by atoms with Gasteiger partial charge >= 0.3 is 0 Å². The van der Waals surface area contributed by atoms with Crippen molar-refractivity contribution in [2.75, 3.05) is 5.32 Å². The molecule has 3 aliphatic rings. The smallest absolute Gasteiger partial charge is 0.198 e. The zero-order valence-corrected chi connectivity index (χ0v) is 41.4. The second-order valence-corrected chi connectivity index (χ2v) is 24.4. The average molecular weight is 899 g/mol. The number of anilines is 2. The molecule has 2 aliphatic carbocycles. The van der Waals surface area contributed by atoms with Gasteiger partial charge in [0.2, 0.25) is 0 Å². The molecule has 0 bridgehead atoms. The van der Waals surface area contributed by atoms with Crippen molar-refractivity contribution in [1.82, 2.24) is 4.57 Å². The lowest BCUT2D eigenvalue weighted by molar-refractivity contribution is 0.332. The Hall–Kier alpha value is -6.56. The lowest BCUT2D eigenvalue weighted by Gasteiger charge is -2.41. The van der Waals surface area contributed by atoms with Crippen LogP contribution >= 0.6 is 11.3 Å². The summed E-state index contributed by atoms with van der Waals surface area (Å²) in [5.74, 6) is 0. The molecule has 68 heavy (non-hydrogen) atoms. The number of fused-ring (bicyclic) bond motifs is 15. The van der Waals surface area contributed by atoms with E-state index < -0.39 is 0 Å². The molecule has 14 rings (SSSR count). The van der Waals surface area contributed by atoms with Gasteiger partial charge in [0.1, 0.15) is 11.2 Å². The molecule has 0 amide bonds. The van der Waals surface area contributed by atoms with Gasteiger partial charge in [-0.25, -0.2) is 0 Å². The number of nitrogens with one attached hydrogen (secondary N) is 1. The summed E-state index contributed by atoms with van der Waals surface area (Å²) in [5, 5.41) is 11.5. The van der Waals surface area contributed by atoms with Crippen molar-refractivity contribution in [3.8, 4) is 27.9 Å². The standard InChI is InChI=1S/C63H55BN2OS/c1-60(2,3)34-18-20-35(21-19-34)65-51-27-45-44-26-48-49(62(6,7)25-24-61(48,4)5)33-57(44)68-56(45)31-41(51)38-22-23-39-42-30-55-43(37-15-11-13-17-54(37)67-55)29-52(42)66-53-28-40-36-14-10-12-16-46(36)63(8,9)47(40)32-50(53)64-58(38)59(39)66/h10-23,26-33,64-65H,24-25H2,1-9H3. The summed E-state index contributed by atoms with van der Waals surface area (Å²) in [6, 6.07) is 51.4. The number of benzene rings is 8. The molecule has 0 fully saturated rings. The van der Waals surface area contributed by atoms with E-state index in [1.165, 1.54) is 122 Å². The molecule has 11 aromatic rings. The van der Waals surface area contributed by atoms with Crippen LogP contribution in [0.2, 0.25) is 0 Å². The lowest BCUT2D eigenvalue weighted by atomic mass is 9.58. The van der Waals surface area contributed by atoms with Gasteiger partial charge in [-0.15, -0.1) is 11.3 Å². The van der Waals surface area contributed by atoms with E-state index >= 15 is 0 Å². The fourth-order valence-electron chi connectivity index (χ4n) is 12.8. The van der Waals surface area contributed by atoms with Gasteiger partial charge in [-0.1, -0.05) is 141 Å². The van der Waals surface area contributed by atoms with Crippen LogP contribution in [-0.4, -0.2) is 11.8 Å². The normalized spacial score (nSPS) is 16.4. The number of furan rings is 1. The van der Waals surface area contributed by atoms with E-state index in [0.717, 1.165) is 40.6 Å². The van der Waals surface area contributed by atoms with E-state index in [-0.39, 0.29) is 21.7 Å². The van der Waals surface area contributed by atoms with E-state index in [1.54, 1.807) is 0 Å². The highest BCUT2D eigenvalue weighted by Gasteiger charge is 2.39. The molecular weight excluding hydrogens is 844 g/mol. The molecule has 0 spiro atoms. The highest BCUT2D eigenvalue weighted by Crippen LogP contribution is 2.52. The molecule has 3 aromatic heterocycles. The molecule has 0 saturated carbocycles. The van der Waals surface area contributed by atoms with Gasteiger partial charge in [0, 0.05) is 75.3 Å². The molecule has 0 atom stereocenters. The largest absolute Gasteiger partial charge is 0.456 e. The topological polar surface area (TPSA) is 30.1 Å². The van der Waals surface area contributed by atoms with Gasteiger partial charge in [-0.05, 0) is 140 Å². The maximum atomic E-state index is 6.59. The average Bonchev–Trinajstić information content (AvgIpc) is 4.02. The van der Waals surface area contributed by atoms with Crippen molar-refractivity contribution in [2.24, 2.45) is 0 Å². The number of nitrogens with zero attached hydrogens (tertiary/aromatic N) is 1. The first-order valence-electron chi connectivity index (χ1n) is 24.7. The maximum Gasteiger partial charge on any atom is 0.198 e. The van der Waals surface area contributed by atoms with Crippen LogP contribution in [0.3, 0.4) is 0 Å². The van der Waals surface area contributed by atoms with Gasteiger partial charge in [-0.2, -0.15) is 0 Å². The predicted molar refractivity (Wildman–Crippen MR) is 294 cm³/mol. The second-order valence-electron chi connectivity index (χ2n) is 23.3. The zero-order valence-electron chi connectivity index (χ0n) is 40.6. The van der Waals surface area contributed by atoms with Crippen LogP contribution < -0.4 is 16.2 Å². The zero-order chi connectivity index (χ0) is 46.4. The minimum Gasteiger partial charge on any atom is -0.456 e. The molecule has 0 unspecified atom stereocenters. The quantitative estimate of drug-likeness (QED) is 0.179. The maximum absolute atomic E-state index is 6.59. The number of hydrogen-bond donors (Lipinski definition) is 1. The lowest BCUT2D eigenvalue weighted by Crippen LogP contribution is -2.38. The van der Waals surface area contributed by atoms with Crippen molar-refractivity contribution in [3.05, 3.63) is 161 Å². The summed E-state index contributed by atoms with van der Waals surface area (Å²) < 4.78 is 11.9. The third-order valence-corrected chi connectivity index (χ3v) is 17.9. The van der Waals surface area contributed by atoms with Gasteiger partial charge < -0.3 is 14.3 Å². The molecular formula is C63H55BN2OS. The highest BCUT2D eigenvalue weighted by atomic mass is 32.1.